The van der Waals surface area contributed by atoms with E-state index < -0.39 is 0 Å². The fourth-order valence-electron chi connectivity index (χ4n) is 2.94. The van der Waals surface area contributed by atoms with E-state index in [2.05, 4.69) is 50.3 Å². The second-order valence-electron chi connectivity index (χ2n) is 5.91. The Labute approximate surface area is 244 Å². The number of nitrogens with one attached hydrogen (secondary N) is 2. The van der Waals surface area contributed by atoms with Gasteiger partial charge < -0.3 is 84.4 Å². The fourth-order valence-corrected chi connectivity index (χ4v) is 2.94. The molecule has 0 saturated carbocycles. The first-order valence-corrected chi connectivity index (χ1v) is 7.85. The number of aromatic amines is 2. The van der Waals surface area contributed by atoms with E-state index in [1.165, 1.54) is 0 Å². The average molecular weight is 577 g/mol. The molecule has 3 aromatic heterocycles. The predicted molar refractivity (Wildman–Crippen MR) is 110 cm³/mol. The van der Waals surface area contributed by atoms with Gasteiger partial charge in [-0.15, -0.1) is 0 Å². The Morgan fingerprint density at radius 2 is 0.688 bits per heavy atom. The third-order valence-corrected chi connectivity index (χ3v) is 4.04. The Bertz CT molecular complexity index is 1100. The van der Waals surface area contributed by atoms with Crippen molar-refractivity contribution in [3.63, 3.8) is 0 Å². The van der Waals surface area contributed by atoms with Crippen LogP contribution in [0.25, 0.3) is 46.4 Å². The van der Waals surface area contributed by atoms with E-state index in [0.29, 0.717) is 0 Å². The molecule has 0 fully saturated rings. The molecule has 32 heavy (non-hydrogen) atoms. The molecule has 0 aliphatic carbocycles. The summed E-state index contributed by atoms with van der Waals surface area (Å²) in [6.45, 7) is 0. The van der Waals surface area contributed by atoms with Crippen LogP contribution in [0.4, 0.5) is 0 Å². The maximum absolute atomic E-state index is 4.62. The Morgan fingerprint density at radius 3 is 1.03 bits per heavy atom. The average Bonchev–Trinajstić information content (AvgIpc) is 3.32. The third kappa shape index (κ3) is 8.98. The van der Waals surface area contributed by atoms with E-state index in [1.807, 2.05) is 42.5 Å². The zero-order valence-electron chi connectivity index (χ0n) is 16.2. The number of halogens is 6. The zero-order valence-corrected chi connectivity index (χ0v) is 23.1. The van der Waals surface area contributed by atoms with Crippen LogP contribution in [0.2, 0.25) is 0 Å². The quantitative estimate of drug-likeness (QED) is 0.180. The molecule has 2 N–H and O–H groups in total. The summed E-state index contributed by atoms with van der Waals surface area (Å²) >= 11 is 0. The Morgan fingerprint density at radius 1 is 0.406 bits per heavy atom. The van der Waals surface area contributed by atoms with Gasteiger partial charge in [0, 0.05) is 22.1 Å². The van der Waals surface area contributed by atoms with Crippen molar-refractivity contribution < 1.29 is 74.4 Å². The SMILES string of the molecule is C1=Cc2cc3ccc(cc4ccc(cc5nc(cc1n2)C=C5)[nH]4)[nH]3.[Al+3].[Al+3].[Cl-].[Cl-].[Cl-].[Cl-].[Cl-].[Cl-]. The standard InChI is InChI=1S/C20H14N4.2Al.6ClH/c1-2-14-10-16-5-6-18(23-16)12-20-8-7-19(24-20)11-17-4-3-15(22-17)9-13(1)21-14;;;;;;;;/h1-12,21-22H;;;6*1H/q;2*+3;;;;;;/p-6. The van der Waals surface area contributed by atoms with Gasteiger partial charge in [0.1, 0.15) is 0 Å². The Balaban J connectivity index is -0.000000490. The number of aromatic nitrogens is 4. The molecule has 3 aromatic rings. The Hall–Kier alpha value is -0.595. The van der Waals surface area contributed by atoms with E-state index in [9.17, 15) is 0 Å². The maximum Gasteiger partial charge on any atom is 3.00 e. The summed E-state index contributed by atoms with van der Waals surface area (Å²) < 4.78 is 0. The molecule has 2 aliphatic heterocycles. The molecule has 5 rings (SSSR count). The minimum absolute atomic E-state index is 0. The molecule has 0 aromatic carbocycles. The van der Waals surface area contributed by atoms with Gasteiger partial charge in [-0.05, 0) is 72.8 Å². The number of nitrogens with zero attached hydrogens (tertiary/aromatic N) is 2. The first kappa shape index (κ1) is 38.7. The minimum atomic E-state index is 0. The second-order valence-corrected chi connectivity index (χ2v) is 5.91. The number of fused-ring (bicyclic) bond motifs is 8. The maximum atomic E-state index is 4.62. The van der Waals surface area contributed by atoms with Gasteiger partial charge in [0.2, 0.25) is 0 Å². The van der Waals surface area contributed by atoms with Crippen molar-refractivity contribution in [2.75, 3.05) is 0 Å². The molecule has 0 radical (unpaired) electrons. The number of hydrogen-bond donors (Lipinski definition) is 2. The molecule has 0 spiro atoms. The molecule has 5 heterocycles. The zero-order chi connectivity index (χ0) is 15.9. The van der Waals surface area contributed by atoms with Gasteiger partial charge in [0.25, 0.3) is 0 Å². The molecular formula is C20H14Al2Cl6N4. The fraction of sp³-hybridized carbons (Fsp3) is 0. The summed E-state index contributed by atoms with van der Waals surface area (Å²) in [6, 6.07) is 16.4. The second kappa shape index (κ2) is 16.9. The summed E-state index contributed by atoms with van der Waals surface area (Å²) in [5, 5.41) is 0. The van der Waals surface area contributed by atoms with Crippen LogP contribution in [0.5, 0.6) is 0 Å². The summed E-state index contributed by atoms with van der Waals surface area (Å²) in [4.78, 5) is 16.0. The smallest absolute Gasteiger partial charge is 1.00 e. The molecule has 4 nitrogen and oxygen atoms in total. The molecule has 8 bridgehead atoms. The molecule has 12 heteroatoms. The molecule has 0 amide bonds. The van der Waals surface area contributed by atoms with Gasteiger partial charge in [-0.25, -0.2) is 9.97 Å². The van der Waals surface area contributed by atoms with Gasteiger partial charge >= 0.3 is 34.7 Å². The van der Waals surface area contributed by atoms with Crippen molar-refractivity contribution in [3.05, 3.63) is 71.3 Å². The van der Waals surface area contributed by atoms with Crippen LogP contribution in [0.15, 0.2) is 48.5 Å². The first-order valence-electron chi connectivity index (χ1n) is 7.85. The van der Waals surface area contributed by atoms with E-state index in [0.717, 1.165) is 44.8 Å². The summed E-state index contributed by atoms with van der Waals surface area (Å²) in [5.41, 5.74) is 7.86. The van der Waals surface area contributed by atoms with Crippen molar-refractivity contribution in [2.45, 2.75) is 0 Å². The molecule has 0 atom stereocenters. The van der Waals surface area contributed by atoms with Crippen LogP contribution in [0.1, 0.15) is 22.8 Å². The number of hydrogen-bond acceptors (Lipinski definition) is 2. The van der Waals surface area contributed by atoms with E-state index in [4.69, 9.17) is 0 Å². The van der Waals surface area contributed by atoms with Gasteiger partial charge in [-0.2, -0.15) is 0 Å². The van der Waals surface area contributed by atoms with E-state index in [-0.39, 0.29) is 109 Å². The van der Waals surface area contributed by atoms with Crippen molar-refractivity contribution in [3.8, 4) is 0 Å². The molecule has 0 saturated heterocycles. The van der Waals surface area contributed by atoms with Crippen molar-refractivity contribution in [1.29, 1.82) is 0 Å². The van der Waals surface area contributed by atoms with Crippen LogP contribution >= 0.6 is 0 Å². The van der Waals surface area contributed by atoms with E-state index >= 15 is 0 Å². The van der Waals surface area contributed by atoms with Crippen LogP contribution in [0, 0.1) is 0 Å². The Kier molecular flexibility index (Phi) is 20.5. The summed E-state index contributed by atoms with van der Waals surface area (Å²) in [5.74, 6) is 0. The van der Waals surface area contributed by atoms with Crippen LogP contribution in [-0.4, -0.2) is 54.7 Å². The van der Waals surface area contributed by atoms with Crippen LogP contribution in [-0.2, 0) is 0 Å². The van der Waals surface area contributed by atoms with E-state index in [1.54, 1.807) is 0 Å². The van der Waals surface area contributed by atoms with Crippen molar-refractivity contribution in [1.82, 2.24) is 19.9 Å². The van der Waals surface area contributed by atoms with Crippen molar-refractivity contribution in [2.24, 2.45) is 0 Å². The first-order chi connectivity index (χ1) is 11.8. The van der Waals surface area contributed by atoms with Gasteiger partial charge in [-0.1, -0.05) is 0 Å². The molecule has 162 valence electrons. The number of H-pyrrole nitrogens is 2. The topological polar surface area (TPSA) is 57.4 Å². The summed E-state index contributed by atoms with van der Waals surface area (Å²) in [7, 11) is 0. The largest absolute Gasteiger partial charge is 3.00 e. The van der Waals surface area contributed by atoms with Crippen molar-refractivity contribution >= 4 is 81.1 Å². The van der Waals surface area contributed by atoms with Gasteiger partial charge in [0.15, 0.2) is 0 Å². The molecule has 0 unspecified atom stereocenters. The monoisotopic (exact) mass is 574 g/mol. The van der Waals surface area contributed by atoms with Crippen LogP contribution < -0.4 is 74.4 Å². The predicted octanol–water partition coefficient (Wildman–Crippen LogP) is -14.1. The van der Waals surface area contributed by atoms with Gasteiger partial charge in [-0.3, -0.25) is 0 Å². The molecular weight excluding hydrogens is 563 g/mol. The molecule has 2 aliphatic rings. The van der Waals surface area contributed by atoms with Gasteiger partial charge in [0.05, 0.1) is 22.8 Å². The number of rotatable bonds is 0. The normalized spacial score (nSPS) is 9.50. The minimum Gasteiger partial charge on any atom is -1.00 e. The third-order valence-electron chi connectivity index (χ3n) is 4.04. The van der Waals surface area contributed by atoms with Crippen LogP contribution in [0.3, 0.4) is 0 Å². The summed E-state index contributed by atoms with van der Waals surface area (Å²) in [6.07, 6.45) is 8.05.